The predicted octanol–water partition coefficient (Wildman–Crippen LogP) is 6.61. The number of rotatable bonds is 10. The van der Waals surface area contributed by atoms with Gasteiger partial charge in [0.1, 0.15) is 0 Å². The Morgan fingerprint density at radius 3 is 1.50 bits per heavy atom. The third-order valence-corrected chi connectivity index (χ3v) is 8.35. The normalized spacial score (nSPS) is 13.9. The van der Waals surface area contributed by atoms with Gasteiger partial charge in [-0.05, 0) is 74.2 Å². The van der Waals surface area contributed by atoms with Crippen LogP contribution >= 0.6 is 23.2 Å². The summed E-state index contributed by atoms with van der Waals surface area (Å²) in [6.07, 6.45) is 8.78. The lowest BCUT2D eigenvalue weighted by atomic mass is 10.3. The lowest BCUT2D eigenvalue weighted by Crippen LogP contribution is -2.15. The molecule has 0 bridgehead atoms. The Balaban J connectivity index is 0.000000152. The van der Waals surface area contributed by atoms with E-state index in [-0.39, 0.29) is 24.7 Å². The van der Waals surface area contributed by atoms with Gasteiger partial charge in [-0.25, -0.2) is 9.36 Å². The van der Waals surface area contributed by atoms with Gasteiger partial charge >= 0.3 is 0 Å². The molecule has 0 atom stereocenters. The molecule has 2 aliphatic rings. The molecule has 8 rings (SSSR count). The molecule has 0 saturated heterocycles. The van der Waals surface area contributed by atoms with Crippen LogP contribution in [0, 0.1) is 0 Å². The van der Waals surface area contributed by atoms with Crippen molar-refractivity contribution in [2.75, 3.05) is 10.6 Å². The van der Waals surface area contributed by atoms with E-state index in [0.717, 1.165) is 22.8 Å². The summed E-state index contributed by atoms with van der Waals surface area (Å²) >= 11 is 12.0. The third kappa shape index (κ3) is 8.20. The van der Waals surface area contributed by atoms with E-state index in [1.165, 1.54) is 25.7 Å². The number of H-pyrrole nitrogens is 2. The SMILES string of the molecule is O=C(Cc1ccn(-c2cccc(Cl)c2)n1)Nc1cc(C2CC2)[nH]n1.O=C(Cc1ccn(-c2cccc(Cl)c2)n1)Nc1cc(C2CC2)[nH]n1. The maximum absolute atomic E-state index is 12.1. The molecule has 0 aliphatic heterocycles. The van der Waals surface area contributed by atoms with Crippen LogP contribution < -0.4 is 10.6 Å². The van der Waals surface area contributed by atoms with Gasteiger partial charge in [0.25, 0.3) is 0 Å². The van der Waals surface area contributed by atoms with Crippen LogP contribution in [-0.4, -0.2) is 51.8 Å². The van der Waals surface area contributed by atoms with E-state index in [1.54, 1.807) is 9.36 Å². The Bertz CT molecular complexity index is 1910. The number of carbonyl (C=O) groups excluding carboxylic acids is 2. The highest BCUT2D eigenvalue weighted by Crippen LogP contribution is 2.40. The molecule has 14 heteroatoms. The van der Waals surface area contributed by atoms with Crippen molar-refractivity contribution in [2.24, 2.45) is 0 Å². The van der Waals surface area contributed by atoms with Gasteiger partial charge in [-0.3, -0.25) is 19.8 Å². The van der Waals surface area contributed by atoms with Crippen LogP contribution in [-0.2, 0) is 22.4 Å². The molecule has 244 valence electrons. The summed E-state index contributed by atoms with van der Waals surface area (Å²) in [5.74, 6) is 2.01. The number of aromatic amines is 2. The number of benzene rings is 2. The number of aromatic nitrogens is 8. The Hall–Kier alpha value is -5.20. The average molecular weight is 684 g/mol. The van der Waals surface area contributed by atoms with Gasteiger partial charge in [0.15, 0.2) is 11.6 Å². The van der Waals surface area contributed by atoms with Crippen molar-refractivity contribution in [2.45, 2.75) is 50.4 Å². The van der Waals surface area contributed by atoms with E-state index in [1.807, 2.05) is 85.2 Å². The van der Waals surface area contributed by atoms with Crippen molar-refractivity contribution in [3.8, 4) is 11.4 Å². The van der Waals surface area contributed by atoms with E-state index in [4.69, 9.17) is 23.2 Å². The van der Waals surface area contributed by atoms with Gasteiger partial charge in [0, 0.05) is 57.8 Å². The first-order valence-corrected chi connectivity index (χ1v) is 16.4. The summed E-state index contributed by atoms with van der Waals surface area (Å²) in [5.41, 5.74) is 5.27. The van der Waals surface area contributed by atoms with Crippen molar-refractivity contribution < 1.29 is 9.59 Å². The average Bonchev–Trinajstić information content (AvgIpc) is 3.87. The Labute approximate surface area is 285 Å². The van der Waals surface area contributed by atoms with E-state index >= 15 is 0 Å². The van der Waals surface area contributed by atoms with Gasteiger partial charge in [0.2, 0.25) is 11.8 Å². The van der Waals surface area contributed by atoms with Crippen LogP contribution in [0.1, 0.15) is 60.3 Å². The molecule has 2 amide bonds. The topological polar surface area (TPSA) is 151 Å². The van der Waals surface area contributed by atoms with Crippen LogP contribution in [0.3, 0.4) is 0 Å². The van der Waals surface area contributed by atoms with Gasteiger partial charge in [-0.15, -0.1) is 0 Å². The van der Waals surface area contributed by atoms with E-state index in [2.05, 4.69) is 41.2 Å². The molecule has 0 unspecified atom stereocenters. The zero-order valence-corrected chi connectivity index (χ0v) is 27.2. The molecule has 48 heavy (non-hydrogen) atoms. The first kappa shape index (κ1) is 31.4. The molecule has 4 heterocycles. The van der Waals surface area contributed by atoms with E-state index in [0.29, 0.717) is 44.9 Å². The van der Waals surface area contributed by atoms with Crippen LogP contribution in [0.2, 0.25) is 10.0 Å². The molecule has 4 aromatic heterocycles. The predicted molar refractivity (Wildman–Crippen MR) is 183 cm³/mol. The van der Waals surface area contributed by atoms with Crippen LogP contribution in [0.25, 0.3) is 11.4 Å². The zero-order chi connectivity index (χ0) is 33.0. The maximum atomic E-state index is 12.1. The van der Waals surface area contributed by atoms with Crippen molar-refractivity contribution in [3.63, 3.8) is 0 Å². The Morgan fingerprint density at radius 1 is 0.667 bits per heavy atom. The molecule has 0 radical (unpaired) electrons. The second-order valence-corrected chi connectivity index (χ2v) is 12.8. The fourth-order valence-electron chi connectivity index (χ4n) is 5.15. The van der Waals surface area contributed by atoms with Gasteiger partial charge in [-0.1, -0.05) is 35.3 Å². The first-order valence-electron chi connectivity index (χ1n) is 15.7. The first-order chi connectivity index (χ1) is 23.3. The molecule has 6 aromatic rings. The van der Waals surface area contributed by atoms with E-state index in [9.17, 15) is 9.59 Å². The van der Waals surface area contributed by atoms with Crippen LogP contribution in [0.15, 0.2) is 85.2 Å². The largest absolute Gasteiger partial charge is 0.309 e. The van der Waals surface area contributed by atoms with Crippen LogP contribution in [0.4, 0.5) is 11.6 Å². The van der Waals surface area contributed by atoms with Crippen molar-refractivity contribution in [1.29, 1.82) is 0 Å². The summed E-state index contributed by atoms with van der Waals surface area (Å²) in [6.45, 7) is 0. The number of anilines is 2. The minimum Gasteiger partial charge on any atom is -0.309 e. The van der Waals surface area contributed by atoms with Crippen molar-refractivity contribution in [1.82, 2.24) is 40.0 Å². The third-order valence-electron chi connectivity index (χ3n) is 7.88. The number of nitrogens with one attached hydrogen (secondary N) is 4. The highest BCUT2D eigenvalue weighted by atomic mass is 35.5. The molecule has 2 saturated carbocycles. The highest BCUT2D eigenvalue weighted by Gasteiger charge is 2.26. The summed E-state index contributed by atoms with van der Waals surface area (Å²) in [5, 5.41) is 29.9. The molecular weight excluding hydrogens is 651 g/mol. The fourth-order valence-corrected chi connectivity index (χ4v) is 5.52. The van der Waals surface area contributed by atoms with Gasteiger partial charge in [-0.2, -0.15) is 20.4 Å². The standard InChI is InChI=1S/2C17H16ClN5O/c2*18-12-2-1-3-14(8-12)23-7-6-13(22-23)9-17(24)19-16-10-15(20-21-16)11-4-5-11/h2*1-3,6-8,10-11H,4-5,9H2,(H2,19,20,21,24). The molecule has 12 nitrogen and oxygen atoms in total. The lowest BCUT2D eigenvalue weighted by Gasteiger charge is -2.02. The number of carbonyl (C=O) groups is 2. The van der Waals surface area contributed by atoms with Gasteiger partial charge < -0.3 is 10.6 Å². The molecule has 4 N–H and O–H groups in total. The second-order valence-electron chi connectivity index (χ2n) is 11.9. The minimum atomic E-state index is -0.139. The highest BCUT2D eigenvalue weighted by molar-refractivity contribution is 6.31. The molecule has 2 aliphatic carbocycles. The molecular formula is C34H32Cl2N10O2. The quantitative estimate of drug-likeness (QED) is 0.128. The molecule has 0 spiro atoms. The smallest absolute Gasteiger partial charge is 0.231 e. The summed E-state index contributed by atoms with van der Waals surface area (Å²) in [7, 11) is 0. The number of halogens is 2. The van der Waals surface area contributed by atoms with Crippen molar-refractivity contribution in [3.05, 3.63) is 118 Å². The van der Waals surface area contributed by atoms with Crippen LogP contribution in [0.5, 0.6) is 0 Å². The fraction of sp³-hybridized carbons (Fsp3) is 0.235. The number of amides is 2. The maximum Gasteiger partial charge on any atom is 0.231 e. The number of hydrogen-bond donors (Lipinski definition) is 4. The summed E-state index contributed by atoms with van der Waals surface area (Å²) in [6, 6.07) is 22.2. The van der Waals surface area contributed by atoms with Crippen molar-refractivity contribution >= 4 is 46.7 Å². The zero-order valence-electron chi connectivity index (χ0n) is 25.7. The lowest BCUT2D eigenvalue weighted by molar-refractivity contribution is -0.116. The van der Waals surface area contributed by atoms with E-state index < -0.39 is 0 Å². The van der Waals surface area contributed by atoms with Gasteiger partial charge in [0.05, 0.1) is 35.6 Å². The second kappa shape index (κ2) is 13.9. The minimum absolute atomic E-state index is 0.139. The number of hydrogen-bond acceptors (Lipinski definition) is 6. The monoisotopic (exact) mass is 682 g/mol. The number of nitrogens with zero attached hydrogens (tertiary/aromatic N) is 6. The summed E-state index contributed by atoms with van der Waals surface area (Å²) in [4.78, 5) is 24.3. The molecule has 2 aromatic carbocycles. The summed E-state index contributed by atoms with van der Waals surface area (Å²) < 4.78 is 3.41. The Kier molecular flexibility index (Phi) is 9.08. The molecule has 2 fully saturated rings. The Morgan fingerprint density at radius 2 is 1.10 bits per heavy atom.